The van der Waals surface area contributed by atoms with Crippen molar-refractivity contribution in [3.63, 3.8) is 0 Å². The number of piperidine rings is 1. The lowest BCUT2D eigenvalue weighted by molar-refractivity contribution is 0.0796. The summed E-state index contributed by atoms with van der Waals surface area (Å²) in [4.78, 5) is 28.7. The van der Waals surface area contributed by atoms with Crippen LogP contribution in [0.3, 0.4) is 0 Å². The average molecular weight is 381 g/mol. The van der Waals surface area contributed by atoms with Gasteiger partial charge in [0.25, 0.3) is 5.91 Å². The number of aryl methyl sites for hydroxylation is 2. The van der Waals surface area contributed by atoms with Crippen molar-refractivity contribution in [2.45, 2.75) is 38.6 Å². The predicted molar refractivity (Wildman–Crippen MR) is 108 cm³/mol. The van der Waals surface area contributed by atoms with Crippen LogP contribution >= 0.6 is 0 Å². The molecule has 1 aromatic heterocycles. The van der Waals surface area contributed by atoms with Crippen molar-refractivity contribution in [2.75, 3.05) is 32.0 Å². The fourth-order valence-corrected chi connectivity index (χ4v) is 4.02. The molecule has 1 fully saturated rings. The highest BCUT2D eigenvalue weighted by Crippen LogP contribution is 2.29. The number of benzene rings is 1. The van der Waals surface area contributed by atoms with Crippen LogP contribution in [0, 0.1) is 6.92 Å². The smallest absolute Gasteiger partial charge is 0.321 e. The molecule has 2 aliphatic heterocycles. The molecule has 0 bridgehead atoms. The molecule has 2 aromatic rings. The maximum absolute atomic E-state index is 12.6. The van der Waals surface area contributed by atoms with Gasteiger partial charge in [0.1, 0.15) is 5.69 Å². The van der Waals surface area contributed by atoms with Gasteiger partial charge >= 0.3 is 6.03 Å². The van der Waals surface area contributed by atoms with Crippen LogP contribution in [0.4, 0.5) is 10.5 Å². The molecule has 3 amide bonds. The Bertz CT molecular complexity index is 883. The third kappa shape index (κ3) is 3.61. The van der Waals surface area contributed by atoms with Crippen LogP contribution in [0.1, 0.15) is 46.9 Å². The minimum atomic E-state index is -0.0508. The molecular formula is C21H27N5O2. The van der Waals surface area contributed by atoms with Crippen LogP contribution in [0.2, 0.25) is 0 Å². The molecule has 0 saturated carbocycles. The van der Waals surface area contributed by atoms with Gasteiger partial charge in [0.15, 0.2) is 0 Å². The molecule has 4 rings (SSSR count). The molecule has 148 valence electrons. The number of carbonyl (C=O) groups excluding carboxylic acids is 2. The molecular weight excluding hydrogens is 354 g/mol. The molecule has 2 aliphatic rings. The Morgan fingerprint density at radius 1 is 1.14 bits per heavy atom. The van der Waals surface area contributed by atoms with Gasteiger partial charge < -0.3 is 15.1 Å². The normalized spacial score (nSPS) is 18.0. The molecule has 1 aromatic carbocycles. The molecule has 1 N–H and O–H groups in total. The number of rotatable bonds is 2. The number of fused-ring (bicyclic) bond motifs is 1. The van der Waals surface area contributed by atoms with Gasteiger partial charge in [-0.15, -0.1) is 0 Å². The summed E-state index contributed by atoms with van der Waals surface area (Å²) in [7, 11) is 1.84. The Morgan fingerprint density at radius 2 is 1.89 bits per heavy atom. The molecule has 0 spiro atoms. The minimum absolute atomic E-state index is 0.0475. The SMILES string of the molecule is Cc1ccccc1NC(=O)N1CCC(c2cc3n(n2)CCCN(C)C3=O)CC1. The van der Waals surface area contributed by atoms with Gasteiger partial charge in [-0.2, -0.15) is 5.10 Å². The second kappa shape index (κ2) is 7.66. The number of likely N-dealkylation sites (tertiary alicyclic amines) is 1. The molecule has 1 saturated heterocycles. The first-order valence-corrected chi connectivity index (χ1v) is 9.97. The Hall–Kier alpha value is -2.83. The van der Waals surface area contributed by atoms with Gasteiger partial charge in [-0.05, 0) is 43.9 Å². The van der Waals surface area contributed by atoms with Gasteiger partial charge in [-0.25, -0.2) is 4.79 Å². The fourth-order valence-electron chi connectivity index (χ4n) is 4.02. The lowest BCUT2D eigenvalue weighted by Crippen LogP contribution is -2.40. The maximum atomic E-state index is 12.6. The van der Waals surface area contributed by atoms with Crippen molar-refractivity contribution in [3.8, 4) is 0 Å². The summed E-state index contributed by atoms with van der Waals surface area (Å²) in [5, 5.41) is 7.73. The van der Waals surface area contributed by atoms with Crippen molar-refractivity contribution in [1.29, 1.82) is 0 Å². The molecule has 7 nitrogen and oxygen atoms in total. The van der Waals surface area contributed by atoms with E-state index in [2.05, 4.69) is 5.32 Å². The summed E-state index contributed by atoms with van der Waals surface area (Å²) in [5.41, 5.74) is 3.59. The Labute approximate surface area is 165 Å². The number of carbonyl (C=O) groups is 2. The molecule has 0 unspecified atom stereocenters. The number of aromatic nitrogens is 2. The highest BCUT2D eigenvalue weighted by molar-refractivity contribution is 5.93. The Morgan fingerprint density at radius 3 is 2.64 bits per heavy atom. The van der Waals surface area contributed by atoms with Crippen molar-refractivity contribution < 1.29 is 9.59 Å². The van der Waals surface area contributed by atoms with Gasteiger partial charge in [0, 0.05) is 44.8 Å². The van der Waals surface area contributed by atoms with Crippen LogP contribution < -0.4 is 5.32 Å². The molecule has 7 heteroatoms. The maximum Gasteiger partial charge on any atom is 0.321 e. The van der Waals surface area contributed by atoms with Crippen molar-refractivity contribution >= 4 is 17.6 Å². The highest BCUT2D eigenvalue weighted by Gasteiger charge is 2.28. The van der Waals surface area contributed by atoms with Crippen molar-refractivity contribution in [3.05, 3.63) is 47.3 Å². The quantitative estimate of drug-likeness (QED) is 0.869. The van der Waals surface area contributed by atoms with E-state index in [9.17, 15) is 9.59 Å². The highest BCUT2D eigenvalue weighted by atomic mass is 16.2. The van der Waals surface area contributed by atoms with E-state index in [-0.39, 0.29) is 11.9 Å². The predicted octanol–water partition coefficient (Wildman–Crippen LogP) is 3.08. The first kappa shape index (κ1) is 18.5. The number of amides is 3. The van der Waals surface area contributed by atoms with E-state index in [0.29, 0.717) is 24.7 Å². The van der Waals surface area contributed by atoms with Crippen LogP contribution in [0.15, 0.2) is 30.3 Å². The van der Waals surface area contributed by atoms with Crippen LogP contribution in [0.25, 0.3) is 0 Å². The second-order valence-electron chi connectivity index (χ2n) is 7.76. The number of anilines is 1. The molecule has 0 atom stereocenters. The average Bonchev–Trinajstić information content (AvgIpc) is 3.08. The molecule has 0 radical (unpaired) electrons. The van der Waals surface area contributed by atoms with E-state index in [1.807, 2.05) is 53.9 Å². The summed E-state index contributed by atoms with van der Waals surface area (Å²) < 4.78 is 1.86. The van der Waals surface area contributed by atoms with Gasteiger partial charge in [-0.3, -0.25) is 9.48 Å². The largest absolute Gasteiger partial charge is 0.340 e. The zero-order chi connectivity index (χ0) is 19.7. The van der Waals surface area contributed by atoms with E-state index in [0.717, 1.165) is 49.3 Å². The minimum Gasteiger partial charge on any atom is -0.340 e. The summed E-state index contributed by atoms with van der Waals surface area (Å²) in [6, 6.07) is 9.71. The lowest BCUT2D eigenvalue weighted by Gasteiger charge is -2.31. The van der Waals surface area contributed by atoms with Gasteiger partial charge in [-0.1, -0.05) is 18.2 Å². The van der Waals surface area contributed by atoms with Gasteiger partial charge in [0.05, 0.1) is 5.69 Å². The van der Waals surface area contributed by atoms with E-state index in [1.54, 1.807) is 4.90 Å². The zero-order valence-electron chi connectivity index (χ0n) is 16.5. The summed E-state index contributed by atoms with van der Waals surface area (Å²) in [5.74, 6) is 0.339. The summed E-state index contributed by atoms with van der Waals surface area (Å²) in [6.45, 7) is 4.93. The van der Waals surface area contributed by atoms with Crippen LogP contribution in [-0.4, -0.2) is 58.2 Å². The molecule has 28 heavy (non-hydrogen) atoms. The first-order valence-electron chi connectivity index (χ1n) is 9.97. The topological polar surface area (TPSA) is 70.5 Å². The third-order valence-electron chi connectivity index (χ3n) is 5.82. The number of hydrogen-bond acceptors (Lipinski definition) is 3. The summed E-state index contributed by atoms with van der Waals surface area (Å²) >= 11 is 0. The van der Waals surface area contributed by atoms with Crippen LogP contribution in [-0.2, 0) is 6.54 Å². The second-order valence-corrected chi connectivity index (χ2v) is 7.76. The molecule has 3 heterocycles. The van der Waals surface area contributed by atoms with Crippen molar-refractivity contribution in [1.82, 2.24) is 19.6 Å². The van der Waals surface area contributed by atoms with E-state index < -0.39 is 0 Å². The third-order valence-corrected chi connectivity index (χ3v) is 5.82. The lowest BCUT2D eigenvalue weighted by atomic mass is 9.93. The molecule has 0 aliphatic carbocycles. The fraction of sp³-hybridized carbons (Fsp3) is 0.476. The monoisotopic (exact) mass is 381 g/mol. The van der Waals surface area contributed by atoms with Crippen molar-refractivity contribution in [2.24, 2.45) is 0 Å². The summed E-state index contributed by atoms with van der Waals surface area (Å²) in [6.07, 6.45) is 2.65. The number of nitrogens with one attached hydrogen (secondary N) is 1. The van der Waals surface area contributed by atoms with E-state index >= 15 is 0 Å². The van der Waals surface area contributed by atoms with Gasteiger partial charge in [0.2, 0.25) is 0 Å². The standard InChI is InChI=1S/C21H27N5O2/c1-15-6-3-4-7-17(15)22-21(28)25-12-8-16(9-13-25)18-14-19-20(27)24(2)10-5-11-26(19)23-18/h3-4,6-7,14,16H,5,8-13H2,1-2H3,(H,22,28). The number of para-hydroxylation sites is 1. The Kier molecular flexibility index (Phi) is 5.07. The number of hydrogen-bond donors (Lipinski definition) is 1. The van der Waals surface area contributed by atoms with E-state index in [1.165, 1.54) is 0 Å². The first-order chi connectivity index (χ1) is 13.5. The van der Waals surface area contributed by atoms with Crippen LogP contribution in [0.5, 0.6) is 0 Å². The number of nitrogens with zero attached hydrogens (tertiary/aromatic N) is 4. The Balaban J connectivity index is 1.39. The number of urea groups is 1. The van der Waals surface area contributed by atoms with E-state index in [4.69, 9.17) is 5.10 Å². The zero-order valence-corrected chi connectivity index (χ0v) is 16.5.